The zero-order chi connectivity index (χ0) is 21.4. The number of imide groups is 1. The van der Waals surface area contributed by atoms with Crippen molar-refractivity contribution in [2.75, 3.05) is 17.3 Å². The molecule has 0 saturated carbocycles. The molecule has 3 atom stereocenters. The Morgan fingerprint density at radius 3 is 2.70 bits per heavy atom. The van der Waals surface area contributed by atoms with Crippen molar-refractivity contribution in [2.45, 2.75) is 13.3 Å². The SMILES string of the molecule is COc1ccc(Cl)cc1NC(=O)c1cccc(N2C(=O)[C@H]3[C@@H](C)C=CC[C@H]3C2=O)c1. The lowest BCUT2D eigenvalue weighted by molar-refractivity contribution is -0.122. The first-order valence-electron chi connectivity index (χ1n) is 9.70. The summed E-state index contributed by atoms with van der Waals surface area (Å²) < 4.78 is 5.26. The monoisotopic (exact) mass is 424 g/mol. The van der Waals surface area contributed by atoms with E-state index in [0.717, 1.165) is 0 Å². The molecule has 1 fully saturated rings. The average molecular weight is 425 g/mol. The molecule has 2 aromatic rings. The summed E-state index contributed by atoms with van der Waals surface area (Å²) >= 11 is 6.02. The summed E-state index contributed by atoms with van der Waals surface area (Å²) in [5, 5.41) is 3.23. The number of anilines is 2. The molecule has 1 saturated heterocycles. The highest BCUT2D eigenvalue weighted by Gasteiger charge is 2.50. The predicted octanol–water partition coefficient (Wildman–Crippen LogP) is 4.30. The van der Waals surface area contributed by atoms with Gasteiger partial charge in [-0.25, -0.2) is 0 Å². The van der Waals surface area contributed by atoms with E-state index in [1.807, 2.05) is 19.1 Å². The molecular weight excluding hydrogens is 404 g/mol. The summed E-state index contributed by atoms with van der Waals surface area (Å²) in [4.78, 5) is 40.0. The Labute approximate surface area is 179 Å². The maximum Gasteiger partial charge on any atom is 0.255 e. The van der Waals surface area contributed by atoms with Gasteiger partial charge in [0.05, 0.1) is 30.3 Å². The standard InChI is InChI=1S/C23H21ClN2O4/c1-13-5-3-8-17-20(13)23(29)26(22(17)28)16-7-4-6-14(11-16)21(27)25-18-12-15(24)9-10-19(18)30-2/h3-7,9-13,17,20H,8H2,1-2H3,(H,25,27)/t13-,17+,20-/m0/s1. The van der Waals surface area contributed by atoms with E-state index in [1.165, 1.54) is 12.0 Å². The Balaban J connectivity index is 1.61. The van der Waals surface area contributed by atoms with Gasteiger partial charge in [-0.1, -0.05) is 36.7 Å². The van der Waals surface area contributed by atoms with Gasteiger partial charge in [0.2, 0.25) is 11.8 Å². The van der Waals surface area contributed by atoms with Gasteiger partial charge in [0.25, 0.3) is 5.91 Å². The van der Waals surface area contributed by atoms with Gasteiger partial charge in [0, 0.05) is 10.6 Å². The van der Waals surface area contributed by atoms with Crippen LogP contribution in [0.5, 0.6) is 5.75 Å². The van der Waals surface area contributed by atoms with Crippen LogP contribution < -0.4 is 15.0 Å². The molecule has 2 aliphatic rings. The number of amides is 3. The Hall–Kier alpha value is -3.12. The van der Waals surface area contributed by atoms with E-state index in [9.17, 15) is 14.4 Å². The summed E-state index contributed by atoms with van der Waals surface area (Å²) in [6.07, 6.45) is 4.51. The maximum atomic E-state index is 13.0. The highest BCUT2D eigenvalue weighted by atomic mass is 35.5. The van der Waals surface area contributed by atoms with Crippen LogP contribution in [0.25, 0.3) is 0 Å². The molecule has 0 unspecified atom stereocenters. The molecule has 2 aromatic carbocycles. The fraction of sp³-hybridized carbons (Fsp3) is 0.261. The van der Waals surface area contributed by atoms with Crippen molar-refractivity contribution in [1.29, 1.82) is 0 Å². The van der Waals surface area contributed by atoms with Gasteiger partial charge < -0.3 is 10.1 Å². The molecule has 0 aromatic heterocycles. The van der Waals surface area contributed by atoms with Crippen LogP contribution in [0.4, 0.5) is 11.4 Å². The van der Waals surface area contributed by atoms with Crippen LogP contribution in [-0.4, -0.2) is 24.8 Å². The van der Waals surface area contributed by atoms with Gasteiger partial charge in [-0.15, -0.1) is 0 Å². The summed E-state index contributed by atoms with van der Waals surface area (Å²) in [6.45, 7) is 1.95. The number of carbonyl (C=O) groups is 3. The number of benzene rings is 2. The molecule has 1 aliphatic heterocycles. The normalized spacial score (nSPS) is 22.8. The molecule has 3 amide bonds. The molecule has 4 rings (SSSR count). The fourth-order valence-electron chi connectivity index (χ4n) is 4.16. The number of nitrogens with zero attached hydrogens (tertiary/aromatic N) is 1. The molecule has 1 aliphatic carbocycles. The van der Waals surface area contributed by atoms with E-state index in [1.54, 1.807) is 42.5 Å². The first-order valence-corrected chi connectivity index (χ1v) is 10.1. The second kappa shape index (κ2) is 7.95. The number of halogens is 1. The molecule has 1 N–H and O–H groups in total. The Morgan fingerprint density at radius 1 is 1.17 bits per heavy atom. The number of hydrogen-bond donors (Lipinski definition) is 1. The van der Waals surface area contributed by atoms with Crippen LogP contribution >= 0.6 is 11.6 Å². The summed E-state index contributed by atoms with van der Waals surface area (Å²) in [6, 6.07) is 11.4. The number of ether oxygens (including phenoxy) is 1. The first-order chi connectivity index (χ1) is 14.4. The van der Waals surface area contributed by atoms with E-state index < -0.39 is 5.91 Å². The lowest BCUT2D eigenvalue weighted by Gasteiger charge is -2.22. The Morgan fingerprint density at radius 2 is 1.97 bits per heavy atom. The second-order valence-corrected chi connectivity index (χ2v) is 7.95. The average Bonchev–Trinajstić information content (AvgIpc) is 2.99. The lowest BCUT2D eigenvalue weighted by Crippen LogP contribution is -2.31. The molecule has 6 nitrogen and oxygen atoms in total. The Bertz CT molecular complexity index is 1060. The molecule has 154 valence electrons. The van der Waals surface area contributed by atoms with Crippen molar-refractivity contribution in [3.05, 3.63) is 65.2 Å². The molecule has 1 heterocycles. The van der Waals surface area contributed by atoms with Gasteiger partial charge in [-0.2, -0.15) is 0 Å². The Kier molecular flexibility index (Phi) is 5.35. The fourth-order valence-corrected chi connectivity index (χ4v) is 4.33. The van der Waals surface area contributed by atoms with E-state index in [2.05, 4.69) is 5.32 Å². The van der Waals surface area contributed by atoms with Crippen LogP contribution in [0.2, 0.25) is 5.02 Å². The summed E-state index contributed by atoms with van der Waals surface area (Å²) in [5.74, 6) is -1.04. The largest absolute Gasteiger partial charge is 0.495 e. The minimum absolute atomic E-state index is 0.00646. The molecule has 0 spiro atoms. The third kappa shape index (κ3) is 3.48. The van der Waals surface area contributed by atoms with E-state index in [4.69, 9.17) is 16.3 Å². The number of fused-ring (bicyclic) bond motifs is 1. The van der Waals surface area contributed by atoms with E-state index in [0.29, 0.717) is 34.1 Å². The van der Waals surface area contributed by atoms with Crippen molar-refractivity contribution in [1.82, 2.24) is 0 Å². The predicted molar refractivity (Wildman–Crippen MR) is 115 cm³/mol. The number of rotatable bonds is 4. The number of methoxy groups -OCH3 is 1. The molecular formula is C23H21ClN2O4. The van der Waals surface area contributed by atoms with Gasteiger partial charge in [0.15, 0.2) is 0 Å². The second-order valence-electron chi connectivity index (χ2n) is 7.52. The quantitative estimate of drug-likeness (QED) is 0.586. The molecule has 0 radical (unpaired) electrons. The van der Waals surface area contributed by atoms with E-state index >= 15 is 0 Å². The van der Waals surface area contributed by atoms with Gasteiger partial charge in [0.1, 0.15) is 5.75 Å². The van der Waals surface area contributed by atoms with Crippen molar-refractivity contribution in [2.24, 2.45) is 17.8 Å². The number of hydrogen-bond acceptors (Lipinski definition) is 4. The van der Waals surface area contributed by atoms with Crippen molar-refractivity contribution in [3.8, 4) is 5.75 Å². The number of nitrogens with one attached hydrogen (secondary N) is 1. The number of allylic oxidation sites excluding steroid dienone is 2. The highest BCUT2D eigenvalue weighted by Crippen LogP contribution is 2.40. The van der Waals surface area contributed by atoms with Crippen LogP contribution in [0.3, 0.4) is 0 Å². The van der Waals surface area contributed by atoms with Crippen molar-refractivity contribution in [3.63, 3.8) is 0 Å². The van der Waals surface area contributed by atoms with Crippen LogP contribution in [-0.2, 0) is 9.59 Å². The van der Waals surface area contributed by atoms with Crippen molar-refractivity contribution >= 4 is 40.7 Å². The van der Waals surface area contributed by atoms with Crippen LogP contribution in [0, 0.1) is 17.8 Å². The molecule has 30 heavy (non-hydrogen) atoms. The van der Waals surface area contributed by atoms with Crippen LogP contribution in [0.15, 0.2) is 54.6 Å². The van der Waals surface area contributed by atoms with Crippen molar-refractivity contribution < 1.29 is 19.1 Å². The topological polar surface area (TPSA) is 75.7 Å². The van der Waals surface area contributed by atoms with E-state index in [-0.39, 0.29) is 29.6 Å². The molecule has 0 bridgehead atoms. The summed E-state index contributed by atoms with van der Waals surface area (Å²) in [7, 11) is 1.50. The lowest BCUT2D eigenvalue weighted by atomic mass is 9.78. The first kappa shape index (κ1) is 20.2. The zero-order valence-electron chi connectivity index (χ0n) is 16.6. The third-order valence-electron chi connectivity index (χ3n) is 5.65. The molecule has 7 heteroatoms. The zero-order valence-corrected chi connectivity index (χ0v) is 17.3. The van der Waals surface area contributed by atoms with Gasteiger partial charge in [-0.3, -0.25) is 19.3 Å². The number of carbonyl (C=O) groups excluding carboxylic acids is 3. The third-order valence-corrected chi connectivity index (χ3v) is 5.88. The smallest absolute Gasteiger partial charge is 0.255 e. The van der Waals surface area contributed by atoms with Gasteiger partial charge in [-0.05, 0) is 48.7 Å². The minimum atomic E-state index is -0.399. The van der Waals surface area contributed by atoms with Crippen LogP contribution in [0.1, 0.15) is 23.7 Å². The maximum absolute atomic E-state index is 13.0. The van der Waals surface area contributed by atoms with Gasteiger partial charge >= 0.3 is 0 Å². The highest BCUT2D eigenvalue weighted by molar-refractivity contribution is 6.31. The minimum Gasteiger partial charge on any atom is -0.495 e. The summed E-state index contributed by atoms with van der Waals surface area (Å²) in [5.41, 5.74) is 1.15.